The van der Waals surface area contributed by atoms with Crippen LogP contribution in [0.4, 0.5) is 5.95 Å². The van der Waals surface area contributed by atoms with Crippen molar-refractivity contribution in [3.63, 3.8) is 0 Å². The summed E-state index contributed by atoms with van der Waals surface area (Å²) in [5, 5.41) is 12.9. The third kappa shape index (κ3) is 1.13. The molecule has 0 aliphatic carbocycles. The maximum Gasteiger partial charge on any atom is 0.356 e. The largest absolute Gasteiger partial charge is 0.740 e. The Morgan fingerprint density at radius 1 is 1.47 bits per heavy atom. The number of anilines is 1. The molecule has 0 saturated heterocycles. The minimum Gasteiger partial charge on any atom is -0.740 e. The average molecular weight is 228 g/mol. The summed E-state index contributed by atoms with van der Waals surface area (Å²) in [6.45, 7) is 1.95. The molecule has 3 rings (SSSR count). The third-order valence-electron chi connectivity index (χ3n) is 3.13. The molecule has 2 aromatic heterocycles. The Morgan fingerprint density at radius 3 is 3.00 bits per heavy atom. The van der Waals surface area contributed by atoms with E-state index in [1.807, 2.05) is 25.1 Å². The molecular weight excluding hydrogens is 216 g/mol. The van der Waals surface area contributed by atoms with Crippen molar-refractivity contribution in [3.8, 4) is 0 Å². The Morgan fingerprint density at radius 2 is 2.24 bits per heavy atom. The molecule has 0 unspecified atom stereocenters. The monoisotopic (exact) mass is 228 g/mol. The topological polar surface area (TPSA) is 70.8 Å². The molecule has 2 N–H and O–H groups in total. The highest BCUT2D eigenvalue weighted by Crippen LogP contribution is 2.26. The molecule has 2 heterocycles. The number of aryl methyl sites for hydroxylation is 2. The van der Waals surface area contributed by atoms with Crippen LogP contribution in [0.2, 0.25) is 0 Å². The number of nitrogen functional groups attached to an aromatic ring is 1. The highest BCUT2D eigenvalue weighted by atomic mass is 16.5. The molecule has 0 saturated carbocycles. The second-order valence-electron chi connectivity index (χ2n) is 4.17. The fourth-order valence-electron chi connectivity index (χ4n) is 2.31. The van der Waals surface area contributed by atoms with Crippen molar-refractivity contribution in [2.24, 2.45) is 7.05 Å². The van der Waals surface area contributed by atoms with Crippen LogP contribution < -0.4 is 10.5 Å². The van der Waals surface area contributed by atoms with Gasteiger partial charge in [0.2, 0.25) is 0 Å². The van der Waals surface area contributed by atoms with Crippen molar-refractivity contribution in [2.45, 2.75) is 6.92 Å². The first-order chi connectivity index (χ1) is 8.11. The van der Waals surface area contributed by atoms with Gasteiger partial charge in [-0.25, -0.2) is 9.30 Å². The van der Waals surface area contributed by atoms with Crippen LogP contribution in [0.15, 0.2) is 24.4 Å². The molecule has 0 atom stereocenters. The van der Waals surface area contributed by atoms with E-state index in [2.05, 4.69) is 4.98 Å². The number of hydrogen-bond acceptors (Lipinski definition) is 3. The first kappa shape index (κ1) is 9.89. The molecule has 0 bridgehead atoms. The second-order valence-corrected chi connectivity index (χ2v) is 4.17. The van der Waals surface area contributed by atoms with Crippen molar-refractivity contribution < 1.29 is 4.73 Å². The Hall–Kier alpha value is -2.30. The van der Waals surface area contributed by atoms with Crippen LogP contribution >= 0.6 is 0 Å². The van der Waals surface area contributed by atoms with Crippen LogP contribution in [0, 0.1) is 12.1 Å². The molecule has 5 heteroatoms. The Kier molecular flexibility index (Phi) is 1.80. The molecule has 0 fully saturated rings. The van der Waals surface area contributed by atoms with Crippen LogP contribution in [0.1, 0.15) is 5.56 Å². The molecule has 0 aliphatic heterocycles. The number of benzene rings is 1. The van der Waals surface area contributed by atoms with Gasteiger partial charge >= 0.3 is 5.95 Å². The number of pyridine rings is 1. The highest BCUT2D eigenvalue weighted by molar-refractivity contribution is 6.02. The predicted octanol–water partition coefficient (Wildman–Crippen LogP) is 1.25. The van der Waals surface area contributed by atoms with Gasteiger partial charge in [0, 0.05) is 11.6 Å². The van der Waals surface area contributed by atoms with Gasteiger partial charge < -0.3 is 5.21 Å². The Bertz CT molecular complexity index is 745. The molecular formula is C12H12N4O. The fourth-order valence-corrected chi connectivity index (χ4v) is 2.31. The lowest BCUT2D eigenvalue weighted by molar-refractivity contribution is -0.560. The summed E-state index contributed by atoms with van der Waals surface area (Å²) in [6, 6.07) is 5.68. The van der Waals surface area contributed by atoms with Crippen molar-refractivity contribution in [1.29, 1.82) is 0 Å². The zero-order valence-corrected chi connectivity index (χ0v) is 9.64. The minimum absolute atomic E-state index is 0.194. The van der Waals surface area contributed by atoms with Crippen LogP contribution in [0.3, 0.4) is 0 Å². The van der Waals surface area contributed by atoms with E-state index in [4.69, 9.17) is 5.73 Å². The van der Waals surface area contributed by atoms with E-state index in [0.29, 0.717) is 5.52 Å². The lowest BCUT2D eigenvalue weighted by Gasteiger charge is -2.04. The molecule has 0 radical (unpaired) electrons. The van der Waals surface area contributed by atoms with Gasteiger partial charge in [-0.1, -0.05) is 0 Å². The SMILES string of the molecule is Cc1cc2ncccc2c2c1n(C)c(N)[n+]2[O-]. The smallest absolute Gasteiger partial charge is 0.356 e. The van der Waals surface area contributed by atoms with E-state index in [0.717, 1.165) is 26.7 Å². The molecule has 0 aliphatic rings. The van der Waals surface area contributed by atoms with E-state index < -0.39 is 0 Å². The van der Waals surface area contributed by atoms with Gasteiger partial charge in [-0.2, -0.15) is 0 Å². The normalized spacial score (nSPS) is 11.4. The van der Waals surface area contributed by atoms with Gasteiger partial charge in [-0.15, -0.1) is 0 Å². The number of nitrogens with two attached hydrogens (primary N) is 1. The first-order valence-corrected chi connectivity index (χ1v) is 5.33. The molecule has 17 heavy (non-hydrogen) atoms. The van der Waals surface area contributed by atoms with Gasteiger partial charge in [0.15, 0.2) is 5.52 Å². The van der Waals surface area contributed by atoms with Crippen molar-refractivity contribution in [3.05, 3.63) is 35.2 Å². The van der Waals surface area contributed by atoms with Gasteiger partial charge in [0.25, 0.3) is 0 Å². The Labute approximate surface area is 97.7 Å². The molecule has 0 amide bonds. The van der Waals surface area contributed by atoms with Crippen LogP contribution in [-0.2, 0) is 7.05 Å². The van der Waals surface area contributed by atoms with Crippen LogP contribution in [0.25, 0.3) is 21.9 Å². The van der Waals surface area contributed by atoms with Crippen molar-refractivity contribution in [2.75, 3.05) is 5.73 Å². The maximum absolute atomic E-state index is 12.1. The second kappa shape index (κ2) is 3.10. The standard InChI is InChI=1S/C12H12N4O/c1-7-6-9-8(4-3-5-14-9)11-10(7)15(2)12(13)16(11)17/h3-6H,13H2,1-2H3. The summed E-state index contributed by atoms with van der Waals surface area (Å²) in [5.41, 5.74) is 9.03. The fraction of sp³-hybridized carbons (Fsp3) is 0.167. The first-order valence-electron chi connectivity index (χ1n) is 5.33. The lowest BCUT2D eigenvalue weighted by Crippen LogP contribution is -2.29. The van der Waals surface area contributed by atoms with E-state index >= 15 is 0 Å². The molecule has 3 aromatic rings. The Balaban J connectivity index is 2.70. The molecule has 0 spiro atoms. The third-order valence-corrected chi connectivity index (χ3v) is 3.13. The summed E-state index contributed by atoms with van der Waals surface area (Å²) < 4.78 is 2.48. The summed E-state index contributed by atoms with van der Waals surface area (Å²) >= 11 is 0. The number of rotatable bonds is 0. The summed E-state index contributed by atoms with van der Waals surface area (Å²) in [5.74, 6) is 0.194. The molecule has 5 nitrogen and oxygen atoms in total. The molecule has 86 valence electrons. The van der Waals surface area contributed by atoms with E-state index in [9.17, 15) is 5.21 Å². The van der Waals surface area contributed by atoms with Crippen molar-refractivity contribution >= 4 is 27.9 Å². The van der Waals surface area contributed by atoms with Gasteiger partial charge in [0.1, 0.15) is 5.52 Å². The summed E-state index contributed by atoms with van der Waals surface area (Å²) in [7, 11) is 1.79. The zero-order valence-electron chi connectivity index (χ0n) is 9.64. The van der Waals surface area contributed by atoms with Crippen molar-refractivity contribution in [1.82, 2.24) is 9.55 Å². The van der Waals surface area contributed by atoms with E-state index in [-0.39, 0.29) is 5.95 Å². The zero-order chi connectivity index (χ0) is 12.2. The summed E-state index contributed by atoms with van der Waals surface area (Å²) in [6.07, 6.45) is 1.72. The van der Waals surface area contributed by atoms with E-state index in [1.165, 1.54) is 0 Å². The number of aromatic nitrogens is 3. The van der Waals surface area contributed by atoms with E-state index in [1.54, 1.807) is 17.8 Å². The number of imidazole rings is 1. The summed E-state index contributed by atoms with van der Waals surface area (Å²) in [4.78, 5) is 4.27. The van der Waals surface area contributed by atoms with Gasteiger partial charge in [-0.3, -0.25) is 10.7 Å². The number of fused-ring (bicyclic) bond motifs is 3. The maximum atomic E-state index is 12.1. The highest BCUT2D eigenvalue weighted by Gasteiger charge is 2.18. The predicted molar refractivity (Wildman–Crippen MR) is 66.3 cm³/mol. The minimum atomic E-state index is 0.194. The average Bonchev–Trinajstić information content (AvgIpc) is 2.55. The quantitative estimate of drug-likeness (QED) is 0.465. The number of hydrogen-bond donors (Lipinski definition) is 1. The van der Waals surface area contributed by atoms with Gasteiger partial charge in [-0.05, 0) is 30.7 Å². The number of nitrogens with zero attached hydrogens (tertiary/aromatic N) is 3. The molecule has 1 aromatic carbocycles. The van der Waals surface area contributed by atoms with Crippen LogP contribution in [-0.4, -0.2) is 9.55 Å². The van der Waals surface area contributed by atoms with Gasteiger partial charge in [0.05, 0.1) is 12.6 Å². The lowest BCUT2D eigenvalue weighted by atomic mass is 10.1. The van der Waals surface area contributed by atoms with Crippen LogP contribution in [0.5, 0.6) is 0 Å².